The van der Waals surface area contributed by atoms with Crippen LogP contribution in [-0.4, -0.2) is 40.2 Å². The molecule has 1 saturated heterocycles. The van der Waals surface area contributed by atoms with Gasteiger partial charge in [-0.25, -0.2) is 0 Å². The van der Waals surface area contributed by atoms with Gasteiger partial charge >= 0.3 is 0 Å². The van der Waals surface area contributed by atoms with E-state index in [2.05, 4.69) is 10.2 Å². The Kier molecular flexibility index (Phi) is 4.55. The number of rotatable bonds is 3. The largest absolute Gasteiger partial charge is 0.473 e. The number of carbonyl (C=O) groups excluding carboxylic acids is 1. The Labute approximate surface area is 136 Å². The first-order valence-electron chi connectivity index (χ1n) is 7.95. The Morgan fingerprint density at radius 1 is 1.09 bits per heavy atom. The number of aromatic nitrogens is 2. The van der Waals surface area contributed by atoms with Crippen molar-refractivity contribution in [3.8, 4) is 5.88 Å². The van der Waals surface area contributed by atoms with Gasteiger partial charge in [-0.2, -0.15) is 5.10 Å². The van der Waals surface area contributed by atoms with Crippen LogP contribution in [0.5, 0.6) is 5.88 Å². The molecule has 2 aromatic rings. The van der Waals surface area contributed by atoms with Crippen LogP contribution in [0.3, 0.4) is 0 Å². The van der Waals surface area contributed by atoms with E-state index in [1.54, 1.807) is 0 Å². The SMILES string of the molecule is Cc1ccc(OC2CCN(C(=O)c3ccccc3C)CC2)nn1. The molecular weight excluding hydrogens is 290 g/mol. The highest BCUT2D eigenvalue weighted by Crippen LogP contribution is 2.19. The lowest BCUT2D eigenvalue weighted by molar-refractivity contribution is 0.0585. The van der Waals surface area contributed by atoms with Crippen molar-refractivity contribution in [2.45, 2.75) is 32.8 Å². The Balaban J connectivity index is 1.57. The molecule has 0 bridgehead atoms. The molecule has 120 valence electrons. The average Bonchev–Trinajstić information content (AvgIpc) is 2.57. The van der Waals surface area contributed by atoms with E-state index in [-0.39, 0.29) is 12.0 Å². The minimum atomic E-state index is 0.0907. The van der Waals surface area contributed by atoms with E-state index in [1.165, 1.54) is 0 Å². The fourth-order valence-corrected chi connectivity index (χ4v) is 2.78. The molecule has 1 aromatic carbocycles. The van der Waals surface area contributed by atoms with Crippen LogP contribution in [0.25, 0.3) is 0 Å². The quantitative estimate of drug-likeness (QED) is 0.874. The third-order valence-electron chi connectivity index (χ3n) is 4.17. The van der Waals surface area contributed by atoms with Gasteiger partial charge in [0.1, 0.15) is 6.10 Å². The molecule has 3 rings (SSSR count). The van der Waals surface area contributed by atoms with Crippen molar-refractivity contribution in [3.05, 3.63) is 53.2 Å². The van der Waals surface area contributed by atoms with Crippen LogP contribution >= 0.6 is 0 Å². The van der Waals surface area contributed by atoms with E-state index in [0.717, 1.165) is 29.7 Å². The van der Waals surface area contributed by atoms with Crippen molar-refractivity contribution in [1.29, 1.82) is 0 Å². The topological polar surface area (TPSA) is 55.3 Å². The number of aryl methyl sites for hydroxylation is 2. The molecule has 1 aliphatic heterocycles. The summed E-state index contributed by atoms with van der Waals surface area (Å²) in [5, 5.41) is 8.03. The predicted octanol–water partition coefficient (Wildman–Crippen LogP) is 2.78. The van der Waals surface area contributed by atoms with Crippen molar-refractivity contribution in [2.24, 2.45) is 0 Å². The second-order valence-corrected chi connectivity index (χ2v) is 5.94. The summed E-state index contributed by atoms with van der Waals surface area (Å²) in [6.45, 7) is 5.28. The van der Waals surface area contributed by atoms with E-state index in [0.29, 0.717) is 19.0 Å². The molecule has 1 aromatic heterocycles. The van der Waals surface area contributed by atoms with Gasteiger partial charge in [-0.15, -0.1) is 5.10 Å². The zero-order valence-electron chi connectivity index (χ0n) is 13.5. The van der Waals surface area contributed by atoms with Crippen LogP contribution in [0, 0.1) is 13.8 Å². The van der Waals surface area contributed by atoms with Crippen molar-refractivity contribution in [3.63, 3.8) is 0 Å². The summed E-state index contributed by atoms with van der Waals surface area (Å²) in [5.41, 5.74) is 2.68. The van der Waals surface area contributed by atoms with E-state index in [1.807, 2.05) is 55.1 Å². The second-order valence-electron chi connectivity index (χ2n) is 5.94. The van der Waals surface area contributed by atoms with Gasteiger partial charge in [0.15, 0.2) is 0 Å². The maximum absolute atomic E-state index is 12.6. The summed E-state index contributed by atoms with van der Waals surface area (Å²) in [6.07, 6.45) is 1.72. The average molecular weight is 311 g/mol. The zero-order chi connectivity index (χ0) is 16.2. The fraction of sp³-hybridized carbons (Fsp3) is 0.389. The normalized spacial score (nSPS) is 15.5. The lowest BCUT2D eigenvalue weighted by Gasteiger charge is -2.32. The van der Waals surface area contributed by atoms with Crippen LogP contribution < -0.4 is 4.74 Å². The van der Waals surface area contributed by atoms with Crippen molar-refractivity contribution >= 4 is 5.91 Å². The molecule has 1 amide bonds. The second kappa shape index (κ2) is 6.77. The number of ether oxygens (including phenoxy) is 1. The smallest absolute Gasteiger partial charge is 0.254 e. The Bertz CT molecular complexity index is 677. The minimum Gasteiger partial charge on any atom is -0.473 e. The van der Waals surface area contributed by atoms with Crippen molar-refractivity contribution in [1.82, 2.24) is 15.1 Å². The Morgan fingerprint density at radius 2 is 1.83 bits per heavy atom. The van der Waals surface area contributed by atoms with Gasteiger partial charge < -0.3 is 9.64 Å². The first kappa shape index (κ1) is 15.5. The predicted molar refractivity (Wildman–Crippen MR) is 87.5 cm³/mol. The molecule has 2 heterocycles. The molecule has 1 aliphatic rings. The van der Waals surface area contributed by atoms with Gasteiger partial charge in [0, 0.05) is 37.6 Å². The number of benzene rings is 1. The van der Waals surface area contributed by atoms with Crippen LogP contribution in [0.1, 0.15) is 34.5 Å². The molecule has 0 unspecified atom stereocenters. The monoisotopic (exact) mass is 311 g/mol. The lowest BCUT2D eigenvalue weighted by atomic mass is 10.0. The summed E-state index contributed by atoms with van der Waals surface area (Å²) in [6, 6.07) is 11.5. The summed E-state index contributed by atoms with van der Waals surface area (Å²) in [7, 11) is 0. The van der Waals surface area contributed by atoms with Crippen LogP contribution in [0.2, 0.25) is 0 Å². The summed E-state index contributed by atoms with van der Waals surface area (Å²) in [4.78, 5) is 14.5. The number of piperidine rings is 1. The molecular formula is C18H21N3O2. The first-order valence-corrected chi connectivity index (χ1v) is 7.95. The number of hydrogen-bond acceptors (Lipinski definition) is 4. The van der Waals surface area contributed by atoms with Crippen molar-refractivity contribution in [2.75, 3.05) is 13.1 Å². The highest BCUT2D eigenvalue weighted by Gasteiger charge is 2.25. The van der Waals surface area contributed by atoms with E-state index >= 15 is 0 Å². The molecule has 5 heteroatoms. The standard InChI is InChI=1S/C18H21N3O2/c1-13-5-3-4-6-16(13)18(22)21-11-9-15(10-12-21)23-17-8-7-14(2)19-20-17/h3-8,15H,9-12H2,1-2H3. The van der Waals surface area contributed by atoms with E-state index in [4.69, 9.17) is 4.74 Å². The molecule has 0 radical (unpaired) electrons. The van der Waals surface area contributed by atoms with Gasteiger partial charge in [0.25, 0.3) is 5.91 Å². The molecule has 0 aliphatic carbocycles. The molecule has 1 fully saturated rings. The molecule has 0 atom stereocenters. The number of likely N-dealkylation sites (tertiary alicyclic amines) is 1. The molecule has 5 nitrogen and oxygen atoms in total. The van der Waals surface area contributed by atoms with Crippen LogP contribution in [0.4, 0.5) is 0 Å². The van der Waals surface area contributed by atoms with Gasteiger partial charge in [-0.1, -0.05) is 18.2 Å². The summed E-state index contributed by atoms with van der Waals surface area (Å²) in [5.74, 6) is 0.663. The summed E-state index contributed by atoms with van der Waals surface area (Å²) >= 11 is 0. The maximum Gasteiger partial charge on any atom is 0.254 e. The van der Waals surface area contributed by atoms with Gasteiger partial charge in [-0.05, 0) is 31.5 Å². The minimum absolute atomic E-state index is 0.0907. The van der Waals surface area contributed by atoms with Crippen LogP contribution in [0.15, 0.2) is 36.4 Å². The van der Waals surface area contributed by atoms with Gasteiger partial charge in [-0.3, -0.25) is 4.79 Å². The van der Waals surface area contributed by atoms with Gasteiger partial charge in [0.05, 0.1) is 5.69 Å². The molecule has 0 saturated carbocycles. The Hall–Kier alpha value is -2.43. The number of carbonyl (C=O) groups is 1. The lowest BCUT2D eigenvalue weighted by Crippen LogP contribution is -2.42. The zero-order valence-corrected chi connectivity index (χ0v) is 13.5. The van der Waals surface area contributed by atoms with Crippen molar-refractivity contribution < 1.29 is 9.53 Å². The van der Waals surface area contributed by atoms with Crippen LogP contribution in [-0.2, 0) is 0 Å². The van der Waals surface area contributed by atoms with Gasteiger partial charge in [0.2, 0.25) is 5.88 Å². The number of nitrogens with zero attached hydrogens (tertiary/aromatic N) is 3. The highest BCUT2D eigenvalue weighted by molar-refractivity contribution is 5.95. The number of hydrogen-bond donors (Lipinski definition) is 0. The molecule has 0 spiro atoms. The Morgan fingerprint density at radius 3 is 2.48 bits per heavy atom. The number of amides is 1. The molecule has 23 heavy (non-hydrogen) atoms. The fourth-order valence-electron chi connectivity index (χ4n) is 2.78. The molecule has 0 N–H and O–H groups in total. The van der Waals surface area contributed by atoms with E-state index < -0.39 is 0 Å². The third-order valence-corrected chi connectivity index (χ3v) is 4.17. The highest BCUT2D eigenvalue weighted by atomic mass is 16.5. The summed E-state index contributed by atoms with van der Waals surface area (Å²) < 4.78 is 5.86. The maximum atomic E-state index is 12.6. The third kappa shape index (κ3) is 3.67. The van der Waals surface area contributed by atoms with E-state index in [9.17, 15) is 4.79 Å². The first-order chi connectivity index (χ1) is 11.1.